The molecule has 0 bridgehead atoms. The molecule has 0 aliphatic carbocycles. The normalized spacial score (nSPS) is 32.0. The maximum Gasteiger partial charge on any atom is 0.217 e. The number of carbonyl (C=O) groups excluding carboxylic acids is 1. The predicted molar refractivity (Wildman–Crippen MR) is 72.3 cm³/mol. The van der Waals surface area contributed by atoms with Crippen LogP contribution in [0.15, 0.2) is 0 Å². The van der Waals surface area contributed by atoms with Gasteiger partial charge in [-0.1, -0.05) is 0 Å². The van der Waals surface area contributed by atoms with Crippen LogP contribution in [0.2, 0.25) is 0 Å². The molecule has 1 fully saturated rings. The lowest BCUT2D eigenvalue weighted by atomic mass is 9.97. The molecule has 0 unspecified atom stereocenters. The average Bonchev–Trinajstić information content (AvgIpc) is 2.49. The van der Waals surface area contributed by atoms with Crippen molar-refractivity contribution in [3.05, 3.63) is 0 Å². The van der Waals surface area contributed by atoms with Crippen molar-refractivity contribution in [2.75, 3.05) is 33.0 Å². The van der Waals surface area contributed by atoms with E-state index in [1.807, 2.05) is 0 Å². The molecule has 22 heavy (non-hydrogen) atoms. The summed E-state index contributed by atoms with van der Waals surface area (Å²) in [7, 11) is 0. The van der Waals surface area contributed by atoms with Crippen LogP contribution in [0.3, 0.4) is 0 Å². The van der Waals surface area contributed by atoms with Gasteiger partial charge in [0, 0.05) is 13.5 Å². The first-order valence-corrected chi connectivity index (χ1v) is 6.97. The molecule has 5 atom stereocenters. The summed E-state index contributed by atoms with van der Waals surface area (Å²) in [6.07, 6.45) is -4.98. The van der Waals surface area contributed by atoms with Gasteiger partial charge in [0.25, 0.3) is 0 Å². The largest absolute Gasteiger partial charge is 0.394 e. The number of amides is 1. The summed E-state index contributed by atoms with van der Waals surface area (Å²) in [5.41, 5.74) is 5.25. The Balaban J connectivity index is 2.52. The Morgan fingerprint density at radius 3 is 2.59 bits per heavy atom. The number of nitrogens with two attached hydrogens (primary N) is 1. The first-order valence-electron chi connectivity index (χ1n) is 6.97. The van der Waals surface area contributed by atoms with Gasteiger partial charge >= 0.3 is 0 Å². The van der Waals surface area contributed by atoms with Crippen LogP contribution < -0.4 is 11.1 Å². The zero-order valence-corrected chi connectivity index (χ0v) is 12.4. The quantitative estimate of drug-likeness (QED) is 0.168. The number of hydrogen-bond acceptors (Lipinski definition) is 9. The van der Waals surface area contributed by atoms with Gasteiger partial charge in [-0.15, -0.1) is 0 Å². The maximum atomic E-state index is 11.2. The summed E-state index contributed by atoms with van der Waals surface area (Å²) in [6, 6.07) is -1.04. The fraction of sp³-hybridized carbons (Fsp3) is 0.917. The standard InChI is InChI=1S/C12H24N2O8/c1-7(16)14-9-11(18)10(17)8(6-15)21-12(9)22-20-5-4-19-3-2-13/h8-12,15,17-18H,2-6,13H2,1H3,(H,14,16)/t8-,9-,10-,11-,12+/m1/s1. The summed E-state index contributed by atoms with van der Waals surface area (Å²) in [5, 5.41) is 31.3. The molecule has 0 aromatic carbocycles. The highest BCUT2D eigenvalue weighted by atomic mass is 17.2. The molecule has 130 valence electrons. The summed E-state index contributed by atoms with van der Waals surface area (Å²) < 4.78 is 10.4. The zero-order valence-electron chi connectivity index (χ0n) is 12.4. The molecule has 0 radical (unpaired) electrons. The van der Waals surface area contributed by atoms with Gasteiger partial charge in [0.1, 0.15) is 31.0 Å². The van der Waals surface area contributed by atoms with E-state index in [4.69, 9.17) is 30.1 Å². The fourth-order valence-electron chi connectivity index (χ4n) is 1.95. The minimum absolute atomic E-state index is 0.0785. The molecular weight excluding hydrogens is 300 g/mol. The Morgan fingerprint density at radius 1 is 1.27 bits per heavy atom. The van der Waals surface area contributed by atoms with Gasteiger partial charge in [0.2, 0.25) is 12.2 Å². The first-order chi connectivity index (χ1) is 10.5. The van der Waals surface area contributed by atoms with Crippen LogP contribution in [-0.2, 0) is 24.0 Å². The van der Waals surface area contributed by atoms with Crippen LogP contribution in [-0.4, -0.2) is 84.8 Å². The smallest absolute Gasteiger partial charge is 0.217 e. The third-order valence-electron chi connectivity index (χ3n) is 2.99. The Kier molecular flexibility index (Phi) is 8.75. The van der Waals surface area contributed by atoms with Crippen molar-refractivity contribution < 1.29 is 39.4 Å². The van der Waals surface area contributed by atoms with Crippen molar-refractivity contribution in [2.24, 2.45) is 5.73 Å². The molecule has 1 saturated heterocycles. The van der Waals surface area contributed by atoms with E-state index in [1.165, 1.54) is 6.92 Å². The lowest BCUT2D eigenvalue weighted by Gasteiger charge is -2.41. The summed E-state index contributed by atoms with van der Waals surface area (Å²) in [5.74, 6) is -0.442. The van der Waals surface area contributed by atoms with Crippen molar-refractivity contribution in [2.45, 2.75) is 37.6 Å². The predicted octanol–water partition coefficient (Wildman–Crippen LogP) is -3.15. The van der Waals surface area contributed by atoms with Crippen LogP contribution in [0.5, 0.6) is 0 Å². The van der Waals surface area contributed by atoms with Crippen LogP contribution >= 0.6 is 0 Å². The lowest BCUT2D eigenvalue weighted by molar-refractivity contribution is -0.412. The van der Waals surface area contributed by atoms with Gasteiger partial charge in [-0.3, -0.25) is 4.79 Å². The third-order valence-corrected chi connectivity index (χ3v) is 2.99. The Bertz CT molecular complexity index is 332. The van der Waals surface area contributed by atoms with E-state index >= 15 is 0 Å². The number of carbonyl (C=O) groups is 1. The van der Waals surface area contributed by atoms with Crippen molar-refractivity contribution >= 4 is 5.91 Å². The second-order valence-electron chi connectivity index (χ2n) is 4.75. The van der Waals surface area contributed by atoms with E-state index in [9.17, 15) is 15.0 Å². The number of ether oxygens (including phenoxy) is 2. The number of aliphatic hydroxyl groups is 3. The molecule has 0 spiro atoms. The minimum atomic E-state index is -1.38. The maximum absolute atomic E-state index is 11.2. The molecule has 1 rings (SSSR count). The van der Waals surface area contributed by atoms with Crippen LogP contribution in [0.25, 0.3) is 0 Å². The Labute approximate surface area is 128 Å². The Hall–Kier alpha value is -0.850. The molecule has 0 aromatic heterocycles. The number of aliphatic hydroxyl groups excluding tert-OH is 3. The first kappa shape index (κ1) is 19.2. The number of hydrogen-bond donors (Lipinski definition) is 5. The summed E-state index contributed by atoms with van der Waals surface area (Å²) in [4.78, 5) is 21.1. The van der Waals surface area contributed by atoms with E-state index < -0.39 is 43.2 Å². The molecule has 0 aromatic rings. The highest BCUT2D eigenvalue weighted by Crippen LogP contribution is 2.22. The van der Waals surface area contributed by atoms with Gasteiger partial charge in [-0.05, 0) is 0 Å². The molecule has 0 saturated carbocycles. The Morgan fingerprint density at radius 2 is 2.00 bits per heavy atom. The van der Waals surface area contributed by atoms with Crippen LogP contribution in [0.1, 0.15) is 6.92 Å². The number of nitrogens with one attached hydrogen (secondary N) is 1. The van der Waals surface area contributed by atoms with Gasteiger partial charge in [-0.25, -0.2) is 9.78 Å². The second kappa shape index (κ2) is 10.0. The molecule has 1 aliphatic rings. The SMILES string of the molecule is CC(=O)N[C@H]1[C@H](OOCCOCCN)O[C@H](CO)[C@@H](O)[C@@H]1O. The van der Waals surface area contributed by atoms with Crippen molar-refractivity contribution in [1.82, 2.24) is 5.32 Å². The minimum Gasteiger partial charge on any atom is -0.394 e. The number of rotatable bonds is 9. The highest BCUT2D eigenvalue weighted by Gasteiger charge is 2.46. The monoisotopic (exact) mass is 324 g/mol. The summed E-state index contributed by atoms with van der Waals surface area (Å²) in [6.45, 7) is 1.81. The topological polar surface area (TPSA) is 153 Å². The molecule has 1 heterocycles. The van der Waals surface area contributed by atoms with E-state index in [-0.39, 0.29) is 13.2 Å². The van der Waals surface area contributed by atoms with Gasteiger partial charge < -0.3 is 35.8 Å². The van der Waals surface area contributed by atoms with Gasteiger partial charge in [0.05, 0.1) is 19.8 Å². The molecule has 1 amide bonds. The van der Waals surface area contributed by atoms with E-state index in [2.05, 4.69) is 5.32 Å². The van der Waals surface area contributed by atoms with Crippen molar-refractivity contribution in [1.29, 1.82) is 0 Å². The van der Waals surface area contributed by atoms with Crippen LogP contribution in [0, 0.1) is 0 Å². The van der Waals surface area contributed by atoms with E-state index in [1.54, 1.807) is 0 Å². The fourth-order valence-corrected chi connectivity index (χ4v) is 1.95. The molecule has 1 aliphatic heterocycles. The third kappa shape index (κ3) is 5.74. The highest BCUT2D eigenvalue weighted by molar-refractivity contribution is 5.73. The molecular formula is C12H24N2O8. The zero-order chi connectivity index (χ0) is 16.5. The molecule has 6 N–H and O–H groups in total. The van der Waals surface area contributed by atoms with Crippen molar-refractivity contribution in [3.63, 3.8) is 0 Å². The van der Waals surface area contributed by atoms with E-state index in [0.717, 1.165) is 0 Å². The summed E-state index contributed by atoms with van der Waals surface area (Å²) >= 11 is 0. The van der Waals surface area contributed by atoms with Gasteiger partial charge in [-0.2, -0.15) is 0 Å². The second-order valence-corrected chi connectivity index (χ2v) is 4.75. The van der Waals surface area contributed by atoms with Crippen molar-refractivity contribution in [3.8, 4) is 0 Å². The van der Waals surface area contributed by atoms with Gasteiger partial charge in [0.15, 0.2) is 0 Å². The lowest BCUT2D eigenvalue weighted by Crippen LogP contribution is -2.64. The van der Waals surface area contributed by atoms with E-state index in [0.29, 0.717) is 13.2 Å². The molecule has 10 nitrogen and oxygen atoms in total. The molecule has 10 heteroatoms. The average molecular weight is 324 g/mol. The van der Waals surface area contributed by atoms with Crippen LogP contribution in [0.4, 0.5) is 0 Å².